The zero-order valence-corrected chi connectivity index (χ0v) is 22.4. The third-order valence-electron chi connectivity index (χ3n) is 6.36. The van der Waals surface area contributed by atoms with Crippen molar-refractivity contribution in [2.45, 2.75) is 62.0 Å². The second-order valence-electron chi connectivity index (χ2n) is 10.3. The molecule has 1 N–H and O–H groups in total. The molecule has 2 heterocycles. The molecule has 8 nitrogen and oxygen atoms in total. The van der Waals surface area contributed by atoms with E-state index in [4.69, 9.17) is 9.10 Å². The molecular weight excluding hydrogens is 468 g/mol. The Kier molecular flexibility index (Phi) is 6.76. The highest BCUT2D eigenvalue weighted by Gasteiger charge is 2.27. The smallest absolute Gasteiger partial charge is 0.352 e. The molecule has 1 saturated carbocycles. The molecule has 0 amide bonds. The summed E-state index contributed by atoms with van der Waals surface area (Å²) in [6.07, 6.45) is 3.94. The molecule has 3 aromatic rings. The fraction of sp³-hybridized carbons (Fsp3) is 0.500. The van der Waals surface area contributed by atoms with Crippen LogP contribution in [0.3, 0.4) is 0 Å². The van der Waals surface area contributed by atoms with Crippen LogP contribution in [0.4, 0.5) is 0 Å². The molecule has 0 aliphatic heterocycles. The maximum Gasteiger partial charge on any atom is 0.352 e. The Balaban J connectivity index is 1.69. The van der Waals surface area contributed by atoms with Crippen molar-refractivity contribution in [2.75, 3.05) is 13.2 Å². The molecule has 1 aliphatic rings. The number of hydrogen-bond acceptors (Lipinski definition) is 5. The van der Waals surface area contributed by atoms with Crippen LogP contribution in [0.15, 0.2) is 44.6 Å². The number of rotatable bonds is 10. The van der Waals surface area contributed by atoms with E-state index in [-0.39, 0.29) is 5.69 Å². The molecule has 0 saturated heterocycles. The zero-order chi connectivity index (χ0) is 24.7. The average Bonchev–Trinajstić information content (AvgIpc) is 3.44. The SMILES string of the molecule is Cc1c(S(=O)(=NCC2CC2)c2ccc3c(cnn3COCC[Si](C)(C)C)c2)cc(C(=O)O)n1C. The van der Waals surface area contributed by atoms with Crippen molar-refractivity contribution in [1.29, 1.82) is 0 Å². The lowest BCUT2D eigenvalue weighted by atomic mass is 10.2. The monoisotopic (exact) mass is 502 g/mol. The van der Waals surface area contributed by atoms with Crippen molar-refractivity contribution in [3.05, 3.63) is 41.9 Å². The van der Waals surface area contributed by atoms with Gasteiger partial charge in [-0.15, -0.1) is 0 Å². The largest absolute Gasteiger partial charge is 0.477 e. The van der Waals surface area contributed by atoms with Crippen molar-refractivity contribution in [3.8, 4) is 0 Å². The first kappa shape index (κ1) is 24.7. The van der Waals surface area contributed by atoms with Crippen molar-refractivity contribution in [3.63, 3.8) is 0 Å². The van der Waals surface area contributed by atoms with Gasteiger partial charge < -0.3 is 14.4 Å². The Morgan fingerprint density at radius 2 is 2.03 bits per heavy atom. The lowest BCUT2D eigenvalue weighted by Crippen LogP contribution is -2.22. The number of aromatic nitrogens is 3. The van der Waals surface area contributed by atoms with Gasteiger partial charge in [-0.2, -0.15) is 5.10 Å². The number of ether oxygens (including phenoxy) is 1. The number of carboxylic acids is 1. The fourth-order valence-corrected chi connectivity index (χ4v) is 6.88. The van der Waals surface area contributed by atoms with Gasteiger partial charge in [0.1, 0.15) is 22.2 Å². The molecule has 0 bridgehead atoms. The summed E-state index contributed by atoms with van der Waals surface area (Å²) < 4.78 is 28.4. The summed E-state index contributed by atoms with van der Waals surface area (Å²) in [6, 6.07) is 8.20. The summed E-state index contributed by atoms with van der Waals surface area (Å²) in [5, 5.41) is 14.9. The Morgan fingerprint density at radius 1 is 1.29 bits per heavy atom. The minimum atomic E-state index is -3.01. The van der Waals surface area contributed by atoms with Gasteiger partial charge in [0.15, 0.2) is 0 Å². The number of carboxylic acid groups (broad SMARTS) is 1. The summed E-state index contributed by atoms with van der Waals surface area (Å²) in [6.45, 7) is 10.3. The molecule has 184 valence electrons. The predicted molar refractivity (Wildman–Crippen MR) is 136 cm³/mol. The van der Waals surface area contributed by atoms with Crippen molar-refractivity contribution < 1.29 is 18.8 Å². The van der Waals surface area contributed by atoms with E-state index in [1.807, 2.05) is 22.9 Å². The number of fused-ring (bicyclic) bond motifs is 1. The topological polar surface area (TPSA) is 98.7 Å². The highest BCUT2D eigenvalue weighted by molar-refractivity contribution is 7.93. The molecule has 1 unspecified atom stereocenters. The number of nitrogens with zero attached hydrogens (tertiary/aromatic N) is 4. The van der Waals surface area contributed by atoms with Crippen LogP contribution >= 0.6 is 0 Å². The van der Waals surface area contributed by atoms with Gasteiger partial charge in [0.05, 0.1) is 28.0 Å². The number of carbonyl (C=O) groups is 1. The summed E-state index contributed by atoms with van der Waals surface area (Å²) in [7, 11) is -2.49. The van der Waals surface area contributed by atoms with E-state index in [0.29, 0.717) is 41.3 Å². The van der Waals surface area contributed by atoms with Crippen LogP contribution in [0, 0.1) is 12.8 Å². The summed E-state index contributed by atoms with van der Waals surface area (Å²) in [5.74, 6) is -0.588. The van der Waals surface area contributed by atoms with Crippen LogP contribution in [0.2, 0.25) is 25.7 Å². The molecule has 1 atom stereocenters. The van der Waals surface area contributed by atoms with E-state index >= 15 is 0 Å². The van der Waals surface area contributed by atoms with Gasteiger partial charge in [-0.3, -0.25) is 0 Å². The Hall–Kier alpha value is -2.43. The maximum absolute atomic E-state index is 14.5. The molecule has 1 fully saturated rings. The van der Waals surface area contributed by atoms with E-state index < -0.39 is 23.8 Å². The van der Waals surface area contributed by atoms with Gasteiger partial charge in [-0.25, -0.2) is 18.0 Å². The molecule has 1 aliphatic carbocycles. The predicted octanol–water partition coefficient (Wildman–Crippen LogP) is 4.99. The molecule has 0 spiro atoms. The van der Waals surface area contributed by atoms with E-state index in [2.05, 4.69) is 24.7 Å². The fourth-order valence-electron chi connectivity index (χ4n) is 3.81. The van der Waals surface area contributed by atoms with Crippen LogP contribution in [0.5, 0.6) is 0 Å². The van der Waals surface area contributed by atoms with E-state index in [0.717, 1.165) is 29.8 Å². The highest BCUT2D eigenvalue weighted by Crippen LogP contribution is 2.34. The van der Waals surface area contributed by atoms with E-state index in [1.54, 1.807) is 24.7 Å². The zero-order valence-electron chi connectivity index (χ0n) is 20.6. The van der Waals surface area contributed by atoms with Gasteiger partial charge >= 0.3 is 5.97 Å². The van der Waals surface area contributed by atoms with Crippen LogP contribution < -0.4 is 0 Å². The van der Waals surface area contributed by atoms with Crippen LogP contribution in [-0.4, -0.2) is 50.9 Å². The van der Waals surface area contributed by atoms with Gasteiger partial charge in [0.25, 0.3) is 0 Å². The van der Waals surface area contributed by atoms with Crippen molar-refractivity contribution in [1.82, 2.24) is 14.3 Å². The number of aromatic carboxylic acids is 1. The minimum Gasteiger partial charge on any atom is -0.477 e. The van der Waals surface area contributed by atoms with Gasteiger partial charge in [0, 0.05) is 32.8 Å². The molecule has 4 rings (SSSR count). The van der Waals surface area contributed by atoms with Gasteiger partial charge in [-0.05, 0) is 56.0 Å². The lowest BCUT2D eigenvalue weighted by molar-refractivity contribution is 0.0686. The minimum absolute atomic E-state index is 0.103. The number of hydrogen-bond donors (Lipinski definition) is 1. The third-order valence-corrected chi connectivity index (χ3v) is 10.5. The molecule has 10 heteroatoms. The first-order chi connectivity index (χ1) is 16.0. The molecular formula is C24H34N4O4SSi. The quantitative estimate of drug-likeness (QED) is 0.311. The average molecular weight is 503 g/mol. The van der Waals surface area contributed by atoms with Crippen LogP contribution in [0.1, 0.15) is 29.0 Å². The summed E-state index contributed by atoms with van der Waals surface area (Å²) in [4.78, 5) is 12.7. The molecule has 2 aromatic heterocycles. The summed E-state index contributed by atoms with van der Waals surface area (Å²) >= 11 is 0. The normalized spacial score (nSPS) is 16.0. The van der Waals surface area contributed by atoms with Crippen LogP contribution in [-0.2, 0) is 28.2 Å². The molecule has 34 heavy (non-hydrogen) atoms. The number of benzene rings is 1. The first-order valence-corrected chi connectivity index (χ1v) is 16.9. The Bertz CT molecular complexity index is 1340. The molecule has 0 radical (unpaired) electrons. The summed E-state index contributed by atoms with van der Waals surface area (Å²) in [5.41, 5.74) is 1.65. The van der Waals surface area contributed by atoms with Gasteiger partial charge in [0.2, 0.25) is 0 Å². The standard InChI is InChI=1S/C24H34N4O4SSi/c1-17-23(13-22(24(29)30)27(17)2)33(31,26-14-18-6-7-18)20-8-9-21-19(12-20)15-25-28(21)16-32-10-11-34(3,4)5/h8-9,12-13,15,18H,6-7,10-11,14,16H2,1-5H3,(H,29,30). The second kappa shape index (κ2) is 9.31. The van der Waals surface area contributed by atoms with E-state index in [9.17, 15) is 14.1 Å². The Morgan fingerprint density at radius 3 is 2.65 bits per heavy atom. The van der Waals surface area contributed by atoms with Crippen LogP contribution in [0.25, 0.3) is 10.9 Å². The second-order valence-corrected chi connectivity index (χ2v) is 18.2. The highest BCUT2D eigenvalue weighted by atomic mass is 32.2. The van der Waals surface area contributed by atoms with E-state index in [1.165, 1.54) is 6.07 Å². The van der Waals surface area contributed by atoms with Gasteiger partial charge in [-0.1, -0.05) is 19.6 Å². The Labute approximate surface area is 202 Å². The maximum atomic E-state index is 14.5. The third kappa shape index (κ3) is 5.13. The lowest BCUT2D eigenvalue weighted by Gasteiger charge is -2.15. The molecule has 1 aromatic carbocycles. The first-order valence-electron chi connectivity index (χ1n) is 11.7. The van der Waals surface area contributed by atoms with Crippen molar-refractivity contribution in [2.24, 2.45) is 17.3 Å². The van der Waals surface area contributed by atoms with Crippen molar-refractivity contribution >= 4 is 34.7 Å².